The Morgan fingerprint density at radius 1 is 1.18 bits per heavy atom. The highest BCUT2D eigenvalue weighted by Gasteiger charge is 2.48. The van der Waals surface area contributed by atoms with E-state index < -0.39 is 24.2 Å². The lowest BCUT2D eigenvalue weighted by Crippen LogP contribution is -2.39. The zero-order valence-electron chi connectivity index (χ0n) is 10.9. The van der Waals surface area contributed by atoms with Crippen LogP contribution in [0, 0.1) is 0 Å². The summed E-state index contributed by atoms with van der Waals surface area (Å²) in [6.45, 7) is 0. The van der Waals surface area contributed by atoms with Gasteiger partial charge in [0.25, 0.3) is 6.10 Å². The molecule has 1 heterocycles. The van der Waals surface area contributed by atoms with Crippen molar-refractivity contribution in [1.82, 2.24) is 0 Å². The minimum atomic E-state index is -4.79. The highest BCUT2D eigenvalue weighted by molar-refractivity contribution is 5.88. The molecule has 1 aliphatic rings. The molecule has 4 nitrogen and oxygen atoms in total. The second-order valence-electron chi connectivity index (χ2n) is 4.69. The number of carbonyl (C=O) groups is 1. The summed E-state index contributed by atoms with van der Waals surface area (Å²) in [7, 11) is 0. The van der Waals surface area contributed by atoms with Crippen molar-refractivity contribution in [3.8, 4) is 5.75 Å². The van der Waals surface area contributed by atoms with Gasteiger partial charge in [-0.3, -0.25) is 0 Å². The van der Waals surface area contributed by atoms with Crippen LogP contribution in [0.25, 0.3) is 16.8 Å². The lowest BCUT2D eigenvalue weighted by Gasteiger charge is -2.27. The van der Waals surface area contributed by atoms with Crippen molar-refractivity contribution in [2.75, 3.05) is 0 Å². The normalized spacial score (nSPS) is 17.4. The Balaban J connectivity index is 2.13. The van der Waals surface area contributed by atoms with E-state index in [2.05, 4.69) is 4.74 Å². The van der Waals surface area contributed by atoms with Gasteiger partial charge >= 0.3 is 12.3 Å². The zero-order valence-corrected chi connectivity index (χ0v) is 10.9. The van der Waals surface area contributed by atoms with Gasteiger partial charge in [0.1, 0.15) is 5.75 Å². The molecule has 0 saturated carbocycles. The van der Waals surface area contributed by atoms with E-state index in [0.717, 1.165) is 16.8 Å². The Labute approximate surface area is 122 Å². The summed E-state index contributed by atoms with van der Waals surface area (Å²) in [5.74, 6) is -0.776. The van der Waals surface area contributed by atoms with E-state index in [-0.39, 0.29) is 5.75 Å². The second-order valence-corrected chi connectivity index (χ2v) is 4.69. The SMILES string of the molecule is O=C(O)OC1=Cc2cc3ccccc3cc2OC1C(F)(F)F. The van der Waals surface area contributed by atoms with Gasteiger partial charge in [-0.15, -0.1) is 0 Å². The standard InChI is InChI=1S/C15H9F3O4/c16-15(17,18)13-12(22-14(19)20)7-10-5-8-3-1-2-4-9(8)6-11(10)21-13/h1-7,13H,(H,19,20). The first kappa shape index (κ1) is 14.2. The van der Waals surface area contributed by atoms with Gasteiger partial charge in [-0.05, 0) is 29.0 Å². The largest absolute Gasteiger partial charge is 0.511 e. The van der Waals surface area contributed by atoms with Crippen LogP contribution in [0.5, 0.6) is 5.75 Å². The van der Waals surface area contributed by atoms with Crippen LogP contribution >= 0.6 is 0 Å². The maximum absolute atomic E-state index is 13.0. The van der Waals surface area contributed by atoms with Crippen LogP contribution in [0.15, 0.2) is 42.2 Å². The van der Waals surface area contributed by atoms with Crippen molar-refractivity contribution < 1.29 is 32.5 Å². The quantitative estimate of drug-likeness (QED) is 0.802. The second kappa shape index (κ2) is 4.94. The van der Waals surface area contributed by atoms with Gasteiger partial charge in [0.15, 0.2) is 5.76 Å². The van der Waals surface area contributed by atoms with E-state index >= 15 is 0 Å². The van der Waals surface area contributed by atoms with Crippen LogP contribution in [-0.4, -0.2) is 23.5 Å². The summed E-state index contributed by atoms with van der Waals surface area (Å²) >= 11 is 0. The molecule has 7 heteroatoms. The minimum Gasteiger partial charge on any atom is -0.472 e. The number of rotatable bonds is 1. The monoisotopic (exact) mass is 310 g/mol. The first-order valence-corrected chi connectivity index (χ1v) is 6.23. The number of fused-ring (bicyclic) bond motifs is 2. The Hall–Kier alpha value is -2.70. The van der Waals surface area contributed by atoms with E-state index in [0.29, 0.717) is 5.56 Å². The number of hydrogen-bond acceptors (Lipinski definition) is 3. The van der Waals surface area contributed by atoms with Crippen molar-refractivity contribution in [2.24, 2.45) is 0 Å². The third-order valence-corrected chi connectivity index (χ3v) is 3.18. The van der Waals surface area contributed by atoms with Gasteiger partial charge in [0, 0.05) is 5.56 Å². The average molecular weight is 310 g/mol. The molecule has 0 bridgehead atoms. The summed E-state index contributed by atoms with van der Waals surface area (Å²) in [4.78, 5) is 10.6. The summed E-state index contributed by atoms with van der Waals surface area (Å²) in [5, 5.41) is 10.1. The molecule has 1 unspecified atom stereocenters. The molecular formula is C15H9F3O4. The third-order valence-electron chi connectivity index (χ3n) is 3.18. The molecule has 114 valence electrons. The van der Waals surface area contributed by atoms with Gasteiger partial charge in [-0.2, -0.15) is 13.2 Å². The first-order chi connectivity index (χ1) is 10.3. The van der Waals surface area contributed by atoms with Crippen molar-refractivity contribution >= 4 is 23.0 Å². The molecule has 0 saturated heterocycles. The average Bonchev–Trinajstić information content (AvgIpc) is 2.42. The van der Waals surface area contributed by atoms with E-state index in [1.54, 1.807) is 30.3 Å². The molecule has 2 aromatic rings. The summed E-state index contributed by atoms with van der Waals surface area (Å²) in [6.07, 6.45) is -8.02. The lowest BCUT2D eigenvalue weighted by molar-refractivity contribution is -0.191. The Kier molecular flexibility index (Phi) is 3.20. The fourth-order valence-corrected chi connectivity index (χ4v) is 2.28. The van der Waals surface area contributed by atoms with Gasteiger partial charge in [-0.1, -0.05) is 24.3 Å². The lowest BCUT2D eigenvalue weighted by atomic mass is 10.0. The molecule has 22 heavy (non-hydrogen) atoms. The number of alkyl halides is 3. The fourth-order valence-electron chi connectivity index (χ4n) is 2.28. The van der Waals surface area contributed by atoms with Crippen molar-refractivity contribution in [2.45, 2.75) is 12.3 Å². The number of hydrogen-bond donors (Lipinski definition) is 1. The van der Waals surface area contributed by atoms with Crippen LogP contribution in [0.2, 0.25) is 0 Å². The minimum absolute atomic E-state index is 0.0266. The Morgan fingerprint density at radius 2 is 1.82 bits per heavy atom. The number of benzene rings is 2. The van der Waals surface area contributed by atoms with Crippen molar-refractivity contribution in [3.05, 3.63) is 47.7 Å². The van der Waals surface area contributed by atoms with E-state index in [1.807, 2.05) is 0 Å². The fraction of sp³-hybridized carbons (Fsp3) is 0.133. The highest BCUT2D eigenvalue weighted by Crippen LogP contribution is 2.39. The highest BCUT2D eigenvalue weighted by atomic mass is 19.4. The number of halogens is 3. The summed E-state index contributed by atoms with van der Waals surface area (Å²) in [5.41, 5.74) is 0.329. The predicted octanol–water partition coefficient (Wildman–Crippen LogP) is 4.20. The molecule has 2 aromatic carbocycles. The molecule has 1 atom stereocenters. The molecule has 0 radical (unpaired) electrons. The molecule has 0 amide bonds. The van der Waals surface area contributed by atoms with Crippen LogP contribution in [0.1, 0.15) is 5.56 Å². The van der Waals surface area contributed by atoms with Crippen LogP contribution < -0.4 is 4.74 Å². The van der Waals surface area contributed by atoms with Gasteiger partial charge in [0.2, 0.25) is 0 Å². The van der Waals surface area contributed by atoms with Crippen LogP contribution in [-0.2, 0) is 4.74 Å². The molecular weight excluding hydrogens is 301 g/mol. The third kappa shape index (κ3) is 2.57. The smallest absolute Gasteiger partial charge is 0.472 e. The predicted molar refractivity (Wildman–Crippen MR) is 71.5 cm³/mol. The van der Waals surface area contributed by atoms with E-state index in [1.165, 1.54) is 6.07 Å². The van der Waals surface area contributed by atoms with Crippen LogP contribution in [0.3, 0.4) is 0 Å². The van der Waals surface area contributed by atoms with Crippen LogP contribution in [0.4, 0.5) is 18.0 Å². The molecule has 3 rings (SSSR count). The molecule has 1 N–H and O–H groups in total. The maximum atomic E-state index is 13.0. The molecule has 0 aromatic heterocycles. The maximum Gasteiger partial charge on any atom is 0.511 e. The van der Waals surface area contributed by atoms with Gasteiger partial charge in [-0.25, -0.2) is 4.79 Å². The zero-order chi connectivity index (χ0) is 15.9. The summed E-state index contributed by atoms with van der Waals surface area (Å²) in [6, 6.07) is 10.2. The first-order valence-electron chi connectivity index (χ1n) is 6.23. The Morgan fingerprint density at radius 3 is 2.41 bits per heavy atom. The van der Waals surface area contributed by atoms with Crippen molar-refractivity contribution in [1.29, 1.82) is 0 Å². The van der Waals surface area contributed by atoms with Crippen molar-refractivity contribution in [3.63, 3.8) is 0 Å². The molecule has 0 fully saturated rings. The number of carboxylic acid groups (broad SMARTS) is 1. The van der Waals surface area contributed by atoms with E-state index in [4.69, 9.17) is 9.84 Å². The van der Waals surface area contributed by atoms with Gasteiger partial charge < -0.3 is 14.6 Å². The summed E-state index contributed by atoms with van der Waals surface area (Å²) < 4.78 is 48.2. The molecule has 0 aliphatic carbocycles. The topological polar surface area (TPSA) is 55.8 Å². The number of ether oxygens (including phenoxy) is 2. The molecule has 1 aliphatic heterocycles. The van der Waals surface area contributed by atoms with Gasteiger partial charge in [0.05, 0.1) is 0 Å². The Bertz CT molecular complexity index is 780. The van der Waals surface area contributed by atoms with E-state index in [9.17, 15) is 18.0 Å². The molecule has 0 spiro atoms.